The highest BCUT2D eigenvalue weighted by atomic mass is 32.2. The van der Waals surface area contributed by atoms with Crippen molar-refractivity contribution in [2.24, 2.45) is 4.99 Å². The van der Waals surface area contributed by atoms with Crippen molar-refractivity contribution >= 4 is 22.4 Å². The lowest BCUT2D eigenvalue weighted by Gasteiger charge is -2.03. The number of hydrogen-bond donors (Lipinski definition) is 0. The van der Waals surface area contributed by atoms with Crippen LogP contribution in [-0.2, 0) is 11.2 Å². The Labute approximate surface area is 81.1 Å². The van der Waals surface area contributed by atoms with E-state index in [4.69, 9.17) is 0 Å². The van der Waals surface area contributed by atoms with Crippen molar-refractivity contribution in [3.05, 3.63) is 35.9 Å². The standard InChI is InChI=1S/C10H9NOS/c12-10-9(11-7-13-10)6-8-4-2-1-3-5-8/h1-5,7,9H,6H2. The fourth-order valence-electron chi connectivity index (χ4n) is 1.27. The van der Waals surface area contributed by atoms with Crippen molar-refractivity contribution in [1.29, 1.82) is 0 Å². The van der Waals surface area contributed by atoms with Gasteiger partial charge in [-0.1, -0.05) is 30.3 Å². The van der Waals surface area contributed by atoms with Crippen molar-refractivity contribution in [3.8, 4) is 0 Å². The molecule has 0 radical (unpaired) electrons. The van der Waals surface area contributed by atoms with Gasteiger partial charge >= 0.3 is 0 Å². The van der Waals surface area contributed by atoms with Gasteiger partial charge in [0.25, 0.3) is 0 Å². The lowest BCUT2D eigenvalue weighted by atomic mass is 10.1. The number of nitrogens with zero attached hydrogens (tertiary/aromatic N) is 1. The monoisotopic (exact) mass is 191 g/mol. The molecule has 0 fully saturated rings. The molecule has 0 bridgehead atoms. The van der Waals surface area contributed by atoms with Gasteiger partial charge in [-0.3, -0.25) is 9.79 Å². The largest absolute Gasteiger partial charge is 0.284 e. The number of benzene rings is 1. The smallest absolute Gasteiger partial charge is 0.219 e. The van der Waals surface area contributed by atoms with Crippen LogP contribution in [0.1, 0.15) is 5.56 Å². The summed E-state index contributed by atoms with van der Waals surface area (Å²) in [6.45, 7) is 0. The minimum Gasteiger partial charge on any atom is -0.284 e. The Bertz CT molecular complexity index is 334. The number of hydrogen-bond acceptors (Lipinski definition) is 3. The van der Waals surface area contributed by atoms with E-state index in [1.165, 1.54) is 17.3 Å². The van der Waals surface area contributed by atoms with E-state index < -0.39 is 0 Å². The predicted molar refractivity (Wildman–Crippen MR) is 55.0 cm³/mol. The number of aliphatic imine (C=N–C) groups is 1. The molecule has 0 spiro atoms. The molecular weight excluding hydrogens is 182 g/mol. The number of thioether (sulfide) groups is 1. The van der Waals surface area contributed by atoms with Crippen LogP contribution in [0.5, 0.6) is 0 Å². The van der Waals surface area contributed by atoms with Gasteiger partial charge in [0.15, 0.2) is 0 Å². The molecule has 2 nitrogen and oxygen atoms in total. The number of carbonyl (C=O) groups is 1. The van der Waals surface area contributed by atoms with E-state index in [0.717, 1.165) is 6.42 Å². The first-order valence-electron chi connectivity index (χ1n) is 4.12. The molecule has 1 heterocycles. The Hall–Kier alpha value is -1.09. The van der Waals surface area contributed by atoms with Crippen LogP contribution < -0.4 is 0 Å². The summed E-state index contributed by atoms with van der Waals surface area (Å²) < 4.78 is 0. The first-order chi connectivity index (χ1) is 6.36. The SMILES string of the molecule is O=C1SC=NC1Cc1ccccc1. The zero-order chi connectivity index (χ0) is 9.10. The maximum absolute atomic E-state index is 11.2. The van der Waals surface area contributed by atoms with E-state index in [1.807, 2.05) is 30.3 Å². The molecule has 1 aliphatic heterocycles. The van der Waals surface area contributed by atoms with Crippen molar-refractivity contribution in [2.45, 2.75) is 12.5 Å². The molecule has 1 atom stereocenters. The van der Waals surface area contributed by atoms with E-state index in [0.29, 0.717) is 0 Å². The van der Waals surface area contributed by atoms with Gasteiger partial charge < -0.3 is 0 Å². The molecule has 0 aromatic heterocycles. The van der Waals surface area contributed by atoms with Gasteiger partial charge in [0.2, 0.25) is 5.12 Å². The minimum atomic E-state index is -0.160. The van der Waals surface area contributed by atoms with Crippen LogP contribution in [0.3, 0.4) is 0 Å². The van der Waals surface area contributed by atoms with Crippen molar-refractivity contribution < 1.29 is 4.79 Å². The van der Waals surface area contributed by atoms with Crippen LogP contribution in [0, 0.1) is 0 Å². The second-order valence-electron chi connectivity index (χ2n) is 2.90. The summed E-state index contributed by atoms with van der Waals surface area (Å²) in [5.41, 5.74) is 2.80. The van der Waals surface area contributed by atoms with E-state index in [2.05, 4.69) is 4.99 Å². The predicted octanol–water partition coefficient (Wildman–Crippen LogP) is 1.90. The van der Waals surface area contributed by atoms with Gasteiger partial charge in [-0.05, 0) is 17.3 Å². The average molecular weight is 191 g/mol. The Morgan fingerprint density at radius 3 is 2.69 bits per heavy atom. The minimum absolute atomic E-state index is 0.156. The van der Waals surface area contributed by atoms with Crippen molar-refractivity contribution in [3.63, 3.8) is 0 Å². The van der Waals surface area contributed by atoms with Gasteiger partial charge in [-0.25, -0.2) is 0 Å². The van der Waals surface area contributed by atoms with E-state index in [-0.39, 0.29) is 11.2 Å². The summed E-state index contributed by atoms with van der Waals surface area (Å²) in [7, 11) is 0. The lowest BCUT2D eigenvalue weighted by molar-refractivity contribution is -0.111. The lowest BCUT2D eigenvalue weighted by Crippen LogP contribution is -2.13. The zero-order valence-corrected chi connectivity index (χ0v) is 7.83. The summed E-state index contributed by atoms with van der Waals surface area (Å²) in [5.74, 6) is 0. The van der Waals surface area contributed by atoms with Crippen LogP contribution in [0.25, 0.3) is 0 Å². The maximum Gasteiger partial charge on any atom is 0.219 e. The van der Waals surface area contributed by atoms with Crippen LogP contribution >= 0.6 is 11.8 Å². The third kappa shape index (κ3) is 1.98. The first kappa shape index (κ1) is 8.51. The molecule has 0 N–H and O–H groups in total. The summed E-state index contributed by atoms with van der Waals surface area (Å²) in [6.07, 6.45) is 0.725. The Kier molecular flexibility index (Phi) is 2.45. The third-order valence-corrected chi connectivity index (χ3v) is 2.69. The van der Waals surface area contributed by atoms with Crippen LogP contribution in [-0.4, -0.2) is 16.7 Å². The second-order valence-corrected chi connectivity index (χ2v) is 3.75. The molecule has 3 heteroatoms. The molecule has 0 saturated heterocycles. The van der Waals surface area contributed by atoms with E-state index in [1.54, 1.807) is 5.55 Å². The zero-order valence-electron chi connectivity index (χ0n) is 7.01. The molecule has 0 aliphatic carbocycles. The quantitative estimate of drug-likeness (QED) is 0.714. The molecule has 1 unspecified atom stereocenters. The number of rotatable bonds is 2. The molecule has 1 aromatic rings. The normalized spacial score (nSPS) is 20.9. The highest BCUT2D eigenvalue weighted by Crippen LogP contribution is 2.17. The van der Waals surface area contributed by atoms with Gasteiger partial charge in [0.1, 0.15) is 6.04 Å². The summed E-state index contributed by atoms with van der Waals surface area (Å²) >= 11 is 1.19. The van der Waals surface area contributed by atoms with E-state index >= 15 is 0 Å². The first-order valence-corrected chi connectivity index (χ1v) is 5.00. The van der Waals surface area contributed by atoms with Gasteiger partial charge in [0.05, 0.1) is 5.55 Å². The fraction of sp³-hybridized carbons (Fsp3) is 0.200. The molecule has 66 valence electrons. The Morgan fingerprint density at radius 1 is 1.31 bits per heavy atom. The molecule has 13 heavy (non-hydrogen) atoms. The maximum atomic E-state index is 11.2. The molecule has 0 saturated carbocycles. The third-order valence-electron chi connectivity index (χ3n) is 1.95. The van der Waals surface area contributed by atoms with Crippen LogP contribution in [0.4, 0.5) is 0 Å². The topological polar surface area (TPSA) is 29.4 Å². The fourth-order valence-corrected chi connectivity index (χ4v) is 1.88. The number of carbonyl (C=O) groups excluding carboxylic acids is 1. The van der Waals surface area contributed by atoms with Crippen molar-refractivity contribution in [2.75, 3.05) is 0 Å². The highest BCUT2D eigenvalue weighted by Gasteiger charge is 2.21. The van der Waals surface area contributed by atoms with Crippen LogP contribution in [0.2, 0.25) is 0 Å². The molecule has 1 aromatic carbocycles. The van der Waals surface area contributed by atoms with Gasteiger partial charge in [-0.15, -0.1) is 0 Å². The molecule has 2 rings (SSSR count). The molecular formula is C10H9NOS. The second kappa shape index (κ2) is 3.75. The Morgan fingerprint density at radius 2 is 2.08 bits per heavy atom. The summed E-state index contributed by atoms with van der Waals surface area (Å²) in [5, 5.41) is 0.156. The van der Waals surface area contributed by atoms with Gasteiger partial charge in [-0.2, -0.15) is 0 Å². The highest BCUT2D eigenvalue weighted by molar-refractivity contribution is 8.25. The van der Waals surface area contributed by atoms with Crippen molar-refractivity contribution in [1.82, 2.24) is 0 Å². The average Bonchev–Trinajstić information content (AvgIpc) is 2.54. The Balaban J connectivity index is 2.06. The molecule has 0 amide bonds. The van der Waals surface area contributed by atoms with Gasteiger partial charge in [0, 0.05) is 6.42 Å². The van der Waals surface area contributed by atoms with Crippen LogP contribution in [0.15, 0.2) is 35.3 Å². The van der Waals surface area contributed by atoms with E-state index in [9.17, 15) is 4.79 Å². The summed E-state index contributed by atoms with van der Waals surface area (Å²) in [6, 6.07) is 9.81. The summed E-state index contributed by atoms with van der Waals surface area (Å²) in [4.78, 5) is 15.3. The molecule has 1 aliphatic rings.